The number of benzene rings is 1. The molecule has 2 rings (SSSR count). The topological polar surface area (TPSA) is 9.23 Å². The van der Waals surface area contributed by atoms with E-state index in [0.717, 1.165) is 24.0 Å². The van der Waals surface area contributed by atoms with Crippen molar-refractivity contribution in [2.24, 2.45) is 17.3 Å². The quantitative estimate of drug-likeness (QED) is 0.617. The standard InChI is InChI=1S/C19H29BrO/c1-19(2,3)16-9-7-15(8-10-16)18(20)13-14-5-11-17(21-4)12-6-14/h5-6,11-12,15-16,18H,7-10,13H2,1-4H3. The summed E-state index contributed by atoms with van der Waals surface area (Å²) in [6.45, 7) is 7.17. The van der Waals surface area contributed by atoms with E-state index in [1.54, 1.807) is 7.11 Å². The molecular formula is C19H29BrO. The Morgan fingerprint density at radius 3 is 2.14 bits per heavy atom. The summed E-state index contributed by atoms with van der Waals surface area (Å²) in [6.07, 6.45) is 6.63. The second-order valence-corrected chi connectivity index (χ2v) is 8.72. The fourth-order valence-electron chi connectivity index (χ4n) is 3.50. The molecule has 1 fully saturated rings. The molecule has 0 heterocycles. The highest BCUT2D eigenvalue weighted by Crippen LogP contribution is 2.42. The summed E-state index contributed by atoms with van der Waals surface area (Å²) >= 11 is 3.95. The van der Waals surface area contributed by atoms with Gasteiger partial charge in [0.25, 0.3) is 0 Å². The summed E-state index contributed by atoms with van der Waals surface area (Å²) in [7, 11) is 1.72. The molecule has 0 aromatic heterocycles. The van der Waals surface area contributed by atoms with Crippen molar-refractivity contribution in [2.45, 2.75) is 57.7 Å². The van der Waals surface area contributed by atoms with Crippen molar-refractivity contribution in [3.63, 3.8) is 0 Å². The molecule has 2 heteroatoms. The van der Waals surface area contributed by atoms with Crippen molar-refractivity contribution in [2.75, 3.05) is 7.11 Å². The van der Waals surface area contributed by atoms with Gasteiger partial charge in [0, 0.05) is 4.83 Å². The molecule has 0 aliphatic heterocycles. The van der Waals surface area contributed by atoms with E-state index in [4.69, 9.17) is 4.74 Å². The summed E-state index contributed by atoms with van der Waals surface area (Å²) < 4.78 is 5.22. The van der Waals surface area contributed by atoms with Gasteiger partial charge in [-0.05, 0) is 67.1 Å². The fourth-order valence-corrected chi connectivity index (χ4v) is 4.40. The van der Waals surface area contributed by atoms with Crippen LogP contribution >= 0.6 is 15.9 Å². The molecule has 0 bridgehead atoms. The average Bonchev–Trinajstić information content (AvgIpc) is 2.47. The van der Waals surface area contributed by atoms with Gasteiger partial charge in [-0.2, -0.15) is 0 Å². The molecule has 1 nitrogen and oxygen atoms in total. The zero-order chi connectivity index (χ0) is 15.5. The van der Waals surface area contributed by atoms with Crippen LogP contribution in [0.1, 0.15) is 52.0 Å². The number of rotatable bonds is 4. The van der Waals surface area contributed by atoms with Crippen LogP contribution in [0.4, 0.5) is 0 Å². The summed E-state index contributed by atoms with van der Waals surface area (Å²) in [4.78, 5) is 0.604. The predicted molar refractivity (Wildman–Crippen MR) is 94.3 cm³/mol. The van der Waals surface area contributed by atoms with E-state index < -0.39 is 0 Å². The van der Waals surface area contributed by atoms with Crippen LogP contribution < -0.4 is 4.74 Å². The van der Waals surface area contributed by atoms with E-state index in [1.165, 1.54) is 31.2 Å². The van der Waals surface area contributed by atoms with Crippen molar-refractivity contribution < 1.29 is 4.74 Å². The van der Waals surface area contributed by atoms with Crippen LogP contribution in [-0.2, 0) is 6.42 Å². The molecule has 1 aliphatic carbocycles. The molecule has 1 atom stereocenters. The lowest BCUT2D eigenvalue weighted by Gasteiger charge is -2.38. The molecule has 1 aliphatic rings. The third-order valence-electron chi connectivity index (χ3n) is 5.10. The van der Waals surface area contributed by atoms with E-state index in [1.807, 2.05) is 0 Å². The number of alkyl halides is 1. The smallest absolute Gasteiger partial charge is 0.118 e. The zero-order valence-corrected chi connectivity index (χ0v) is 15.4. The van der Waals surface area contributed by atoms with Crippen LogP contribution in [0.25, 0.3) is 0 Å². The first-order chi connectivity index (χ1) is 9.90. The summed E-state index contributed by atoms with van der Waals surface area (Å²) in [5.74, 6) is 2.66. The van der Waals surface area contributed by atoms with Gasteiger partial charge in [-0.15, -0.1) is 0 Å². The van der Waals surface area contributed by atoms with Crippen molar-refractivity contribution in [3.05, 3.63) is 29.8 Å². The molecule has 1 aromatic carbocycles. The van der Waals surface area contributed by atoms with Gasteiger partial charge in [-0.25, -0.2) is 0 Å². The maximum absolute atomic E-state index is 5.22. The minimum absolute atomic E-state index is 0.475. The third-order valence-corrected chi connectivity index (χ3v) is 6.17. The first-order valence-electron chi connectivity index (χ1n) is 8.17. The maximum Gasteiger partial charge on any atom is 0.118 e. The van der Waals surface area contributed by atoms with Crippen molar-refractivity contribution in [1.29, 1.82) is 0 Å². The van der Waals surface area contributed by atoms with E-state index in [0.29, 0.717) is 10.2 Å². The van der Waals surface area contributed by atoms with E-state index in [9.17, 15) is 0 Å². The van der Waals surface area contributed by atoms with Gasteiger partial charge in [0.1, 0.15) is 5.75 Å². The van der Waals surface area contributed by atoms with Crippen LogP contribution in [0.15, 0.2) is 24.3 Å². The lowest BCUT2D eigenvalue weighted by molar-refractivity contribution is 0.149. The first-order valence-corrected chi connectivity index (χ1v) is 9.08. The van der Waals surface area contributed by atoms with E-state index >= 15 is 0 Å². The lowest BCUT2D eigenvalue weighted by Crippen LogP contribution is -2.29. The average molecular weight is 353 g/mol. The summed E-state index contributed by atoms with van der Waals surface area (Å²) in [5.41, 5.74) is 1.87. The Morgan fingerprint density at radius 1 is 1.10 bits per heavy atom. The number of ether oxygens (including phenoxy) is 1. The van der Waals surface area contributed by atoms with Crippen LogP contribution in [0.5, 0.6) is 5.75 Å². The Labute approximate surface area is 138 Å². The third kappa shape index (κ3) is 4.74. The van der Waals surface area contributed by atoms with Gasteiger partial charge in [-0.3, -0.25) is 0 Å². The first kappa shape index (κ1) is 16.9. The lowest BCUT2D eigenvalue weighted by atomic mass is 9.69. The predicted octanol–water partition coefficient (Wildman–Crippen LogP) is 5.85. The second-order valence-electron chi connectivity index (χ2n) is 7.55. The largest absolute Gasteiger partial charge is 0.497 e. The number of halogens is 1. The van der Waals surface area contributed by atoms with Gasteiger partial charge < -0.3 is 4.74 Å². The Hall–Kier alpha value is -0.500. The zero-order valence-electron chi connectivity index (χ0n) is 13.9. The van der Waals surface area contributed by atoms with Crippen LogP contribution in [-0.4, -0.2) is 11.9 Å². The Kier molecular flexibility index (Phi) is 5.76. The summed E-state index contributed by atoms with van der Waals surface area (Å²) in [6, 6.07) is 8.50. The normalized spacial score (nSPS) is 24.6. The molecule has 1 saturated carbocycles. The van der Waals surface area contributed by atoms with Crippen LogP contribution in [0.3, 0.4) is 0 Å². The highest BCUT2D eigenvalue weighted by atomic mass is 79.9. The van der Waals surface area contributed by atoms with Gasteiger partial charge in [0.05, 0.1) is 7.11 Å². The molecule has 0 amide bonds. The SMILES string of the molecule is COc1ccc(CC(Br)C2CCC(C(C)(C)C)CC2)cc1. The van der Waals surface area contributed by atoms with Crippen LogP contribution in [0.2, 0.25) is 0 Å². The molecule has 1 unspecified atom stereocenters. The highest BCUT2D eigenvalue weighted by molar-refractivity contribution is 9.09. The summed E-state index contributed by atoms with van der Waals surface area (Å²) in [5, 5.41) is 0. The highest BCUT2D eigenvalue weighted by Gasteiger charge is 2.32. The fraction of sp³-hybridized carbons (Fsp3) is 0.684. The molecule has 118 valence electrons. The number of hydrogen-bond donors (Lipinski definition) is 0. The Balaban J connectivity index is 1.85. The number of methoxy groups -OCH3 is 1. The van der Waals surface area contributed by atoms with E-state index in [-0.39, 0.29) is 0 Å². The van der Waals surface area contributed by atoms with E-state index in [2.05, 4.69) is 61.0 Å². The maximum atomic E-state index is 5.22. The minimum Gasteiger partial charge on any atom is -0.497 e. The molecule has 0 N–H and O–H groups in total. The van der Waals surface area contributed by atoms with Gasteiger partial charge >= 0.3 is 0 Å². The van der Waals surface area contributed by atoms with Crippen molar-refractivity contribution in [1.82, 2.24) is 0 Å². The minimum atomic E-state index is 0.475. The van der Waals surface area contributed by atoms with Gasteiger partial charge in [-0.1, -0.05) is 48.8 Å². The van der Waals surface area contributed by atoms with Crippen molar-refractivity contribution >= 4 is 15.9 Å². The van der Waals surface area contributed by atoms with Gasteiger partial charge in [0.2, 0.25) is 0 Å². The van der Waals surface area contributed by atoms with Gasteiger partial charge in [0.15, 0.2) is 0 Å². The molecule has 0 saturated heterocycles. The Bertz CT molecular complexity index is 424. The molecule has 0 radical (unpaired) electrons. The molecule has 21 heavy (non-hydrogen) atoms. The molecule has 0 spiro atoms. The number of hydrogen-bond acceptors (Lipinski definition) is 1. The Morgan fingerprint density at radius 2 is 1.67 bits per heavy atom. The van der Waals surface area contributed by atoms with Crippen molar-refractivity contribution in [3.8, 4) is 5.75 Å². The molecular weight excluding hydrogens is 324 g/mol. The monoisotopic (exact) mass is 352 g/mol. The molecule has 1 aromatic rings. The van der Waals surface area contributed by atoms with Crippen LogP contribution in [0, 0.1) is 17.3 Å². The second kappa shape index (κ2) is 7.17.